The Bertz CT molecular complexity index is 623. The van der Waals surface area contributed by atoms with Crippen LogP contribution in [-0.2, 0) is 0 Å². The van der Waals surface area contributed by atoms with Gasteiger partial charge in [-0.1, -0.05) is 90.4 Å². The van der Waals surface area contributed by atoms with Crippen LogP contribution in [0.25, 0.3) is 0 Å². The predicted octanol–water partition coefficient (Wildman–Crippen LogP) is 1.70. The Labute approximate surface area is 122 Å². The van der Waals surface area contributed by atoms with Crippen molar-refractivity contribution >= 4 is 37.1 Å². The number of rotatable bonds is 3. The third kappa shape index (κ3) is 2.84. The van der Waals surface area contributed by atoms with E-state index in [1.54, 1.807) is 0 Å². The van der Waals surface area contributed by atoms with Crippen molar-refractivity contribution in [2.45, 2.75) is 0 Å². The fourth-order valence-electron chi connectivity index (χ4n) is 2.30. The Balaban J connectivity index is 2.11. The Kier molecular flexibility index (Phi) is 3.99. The molecule has 3 rings (SSSR count). The first kappa shape index (κ1) is 13.2. The number of hydrogen-bond acceptors (Lipinski definition) is 0. The Morgan fingerprint density at radius 3 is 1.35 bits per heavy atom. The Morgan fingerprint density at radius 1 is 0.500 bits per heavy atom. The standard InChI is InChI=1S/C18H16BP/c19-15-11-13-18(14-12-15)20(16-7-3-1-4-8-16)17-9-5-2-6-10-17/h1-14H,19H2. The van der Waals surface area contributed by atoms with Gasteiger partial charge in [0, 0.05) is 0 Å². The molecule has 0 heterocycles. The lowest BCUT2D eigenvalue weighted by molar-refractivity contribution is 1.75. The fourth-order valence-corrected chi connectivity index (χ4v) is 4.58. The molecule has 0 amide bonds. The van der Waals surface area contributed by atoms with E-state index in [0.29, 0.717) is 0 Å². The quantitative estimate of drug-likeness (QED) is 0.504. The third-order valence-corrected chi connectivity index (χ3v) is 5.76. The molecule has 0 radical (unpaired) electrons. The van der Waals surface area contributed by atoms with Gasteiger partial charge in [-0.25, -0.2) is 0 Å². The van der Waals surface area contributed by atoms with Gasteiger partial charge in [0.2, 0.25) is 0 Å². The van der Waals surface area contributed by atoms with Gasteiger partial charge >= 0.3 is 0 Å². The number of hydrogen-bond donors (Lipinski definition) is 0. The molecule has 0 unspecified atom stereocenters. The summed E-state index contributed by atoms with van der Waals surface area (Å²) in [4.78, 5) is 0. The van der Waals surface area contributed by atoms with Gasteiger partial charge in [-0.2, -0.15) is 0 Å². The summed E-state index contributed by atoms with van der Waals surface area (Å²) in [5.74, 6) is 0. The van der Waals surface area contributed by atoms with E-state index in [2.05, 4.69) is 92.8 Å². The molecule has 0 bridgehead atoms. The molecule has 96 valence electrons. The van der Waals surface area contributed by atoms with Crippen molar-refractivity contribution in [3.8, 4) is 0 Å². The lowest BCUT2D eigenvalue weighted by atomic mass is 9.97. The highest BCUT2D eigenvalue weighted by Gasteiger charge is 2.15. The van der Waals surface area contributed by atoms with Crippen LogP contribution in [0.15, 0.2) is 84.9 Å². The van der Waals surface area contributed by atoms with Gasteiger partial charge in [0.15, 0.2) is 0 Å². The maximum atomic E-state index is 2.26. The summed E-state index contributed by atoms with van der Waals surface area (Å²) in [7, 11) is 1.68. The third-order valence-electron chi connectivity index (χ3n) is 3.32. The van der Waals surface area contributed by atoms with Gasteiger partial charge in [-0.05, 0) is 23.8 Å². The van der Waals surface area contributed by atoms with Gasteiger partial charge in [0.1, 0.15) is 7.85 Å². The summed E-state index contributed by atoms with van der Waals surface area (Å²) in [6.07, 6.45) is 0. The summed E-state index contributed by atoms with van der Waals surface area (Å²) in [6, 6.07) is 30.5. The van der Waals surface area contributed by atoms with Crippen LogP contribution in [0.4, 0.5) is 0 Å². The average Bonchev–Trinajstić information content (AvgIpc) is 2.52. The normalized spacial score (nSPS) is 10.7. The van der Waals surface area contributed by atoms with Crippen LogP contribution in [0.3, 0.4) is 0 Å². The van der Waals surface area contributed by atoms with Gasteiger partial charge in [0.05, 0.1) is 0 Å². The summed E-state index contributed by atoms with van der Waals surface area (Å²) in [5, 5.41) is 4.21. The van der Waals surface area contributed by atoms with Crippen LogP contribution in [0.2, 0.25) is 0 Å². The van der Waals surface area contributed by atoms with Gasteiger partial charge < -0.3 is 0 Å². The van der Waals surface area contributed by atoms with Crippen LogP contribution in [0, 0.1) is 0 Å². The molecule has 0 N–H and O–H groups in total. The molecular formula is C18H16BP. The zero-order valence-electron chi connectivity index (χ0n) is 11.5. The van der Waals surface area contributed by atoms with E-state index in [1.165, 1.54) is 21.4 Å². The van der Waals surface area contributed by atoms with Crippen LogP contribution in [0.5, 0.6) is 0 Å². The van der Waals surface area contributed by atoms with E-state index < -0.39 is 7.92 Å². The van der Waals surface area contributed by atoms with E-state index in [9.17, 15) is 0 Å². The lowest BCUT2D eigenvalue weighted by Crippen LogP contribution is -2.21. The molecule has 0 aliphatic heterocycles. The van der Waals surface area contributed by atoms with Crippen molar-refractivity contribution in [1.29, 1.82) is 0 Å². The van der Waals surface area contributed by atoms with Crippen LogP contribution < -0.4 is 21.4 Å². The molecule has 0 aromatic heterocycles. The molecule has 20 heavy (non-hydrogen) atoms. The second kappa shape index (κ2) is 6.07. The molecule has 0 fully saturated rings. The highest BCUT2D eigenvalue weighted by Crippen LogP contribution is 2.31. The van der Waals surface area contributed by atoms with E-state index in [4.69, 9.17) is 0 Å². The van der Waals surface area contributed by atoms with E-state index >= 15 is 0 Å². The second-order valence-corrected chi connectivity index (χ2v) is 7.06. The smallest absolute Gasteiger partial charge is 0.0889 e. The maximum Gasteiger partial charge on any atom is 0.139 e. The van der Waals surface area contributed by atoms with Gasteiger partial charge in [-0.15, -0.1) is 0 Å². The molecule has 0 spiro atoms. The topological polar surface area (TPSA) is 0 Å². The van der Waals surface area contributed by atoms with Crippen molar-refractivity contribution in [2.24, 2.45) is 0 Å². The summed E-state index contributed by atoms with van der Waals surface area (Å²) in [5.41, 5.74) is 1.31. The summed E-state index contributed by atoms with van der Waals surface area (Å²) in [6.45, 7) is 0. The minimum Gasteiger partial charge on any atom is -0.0889 e. The first-order valence-electron chi connectivity index (χ1n) is 6.81. The molecular weight excluding hydrogens is 258 g/mol. The lowest BCUT2D eigenvalue weighted by Gasteiger charge is -2.19. The monoisotopic (exact) mass is 274 g/mol. The van der Waals surface area contributed by atoms with Crippen LogP contribution in [0.1, 0.15) is 0 Å². The van der Waals surface area contributed by atoms with Crippen molar-refractivity contribution in [2.75, 3.05) is 0 Å². The molecule has 3 aromatic rings. The van der Waals surface area contributed by atoms with Crippen molar-refractivity contribution in [3.63, 3.8) is 0 Å². The Hall–Kier alpha value is -1.85. The first-order chi connectivity index (χ1) is 9.84. The van der Waals surface area contributed by atoms with Crippen LogP contribution >= 0.6 is 7.92 Å². The highest BCUT2D eigenvalue weighted by atomic mass is 31.1. The largest absolute Gasteiger partial charge is 0.139 e. The summed E-state index contributed by atoms with van der Waals surface area (Å²) < 4.78 is 0. The zero-order chi connectivity index (χ0) is 13.8. The molecule has 0 atom stereocenters. The minimum atomic E-state index is -0.458. The minimum absolute atomic E-state index is 0.458. The van der Waals surface area contributed by atoms with E-state index in [0.717, 1.165) is 0 Å². The van der Waals surface area contributed by atoms with Crippen molar-refractivity contribution in [3.05, 3.63) is 84.9 Å². The fraction of sp³-hybridized carbons (Fsp3) is 0. The van der Waals surface area contributed by atoms with Gasteiger partial charge in [-0.3, -0.25) is 0 Å². The second-order valence-electron chi connectivity index (χ2n) is 4.84. The first-order valence-corrected chi connectivity index (χ1v) is 8.16. The van der Waals surface area contributed by atoms with E-state index in [-0.39, 0.29) is 0 Å². The zero-order valence-corrected chi connectivity index (χ0v) is 12.4. The Morgan fingerprint density at radius 2 is 0.900 bits per heavy atom. The van der Waals surface area contributed by atoms with Crippen LogP contribution in [-0.4, -0.2) is 7.85 Å². The van der Waals surface area contributed by atoms with Crippen molar-refractivity contribution < 1.29 is 0 Å². The molecule has 0 aliphatic rings. The molecule has 0 nitrogen and oxygen atoms in total. The van der Waals surface area contributed by atoms with Gasteiger partial charge in [0.25, 0.3) is 0 Å². The molecule has 2 heteroatoms. The molecule has 0 aliphatic carbocycles. The predicted molar refractivity (Wildman–Crippen MR) is 93.3 cm³/mol. The maximum absolute atomic E-state index is 2.26. The highest BCUT2D eigenvalue weighted by molar-refractivity contribution is 7.79. The molecule has 0 saturated heterocycles. The summed E-state index contributed by atoms with van der Waals surface area (Å²) >= 11 is 0. The average molecular weight is 274 g/mol. The number of benzene rings is 3. The van der Waals surface area contributed by atoms with E-state index in [1.807, 2.05) is 0 Å². The molecule has 3 aromatic carbocycles. The SMILES string of the molecule is Bc1ccc(P(c2ccccc2)c2ccccc2)cc1. The molecule has 0 saturated carbocycles. The van der Waals surface area contributed by atoms with Crippen molar-refractivity contribution in [1.82, 2.24) is 0 Å².